The average molecular weight is 434 g/mol. The maximum absolute atomic E-state index is 12.0. The van der Waals surface area contributed by atoms with E-state index in [4.69, 9.17) is 13.6 Å². The highest BCUT2D eigenvalue weighted by Crippen LogP contribution is 2.42. The molecule has 1 rings (SSSR count). The number of aliphatic hydroxyl groups excluding tert-OH is 1. The number of carbonyl (C=O) groups is 1. The highest BCUT2D eigenvalue weighted by molar-refractivity contribution is 6.74. The molecule has 166 valence electrons. The molecule has 2 N–H and O–H groups in total. The minimum atomic E-state index is -2.21. The van der Waals surface area contributed by atoms with Gasteiger partial charge in [0.05, 0.1) is 18.2 Å². The topological polar surface area (TPSA) is 77.0 Å². The number of nitrogens with one attached hydrogen (secondary N) is 1. The van der Waals surface area contributed by atoms with Crippen LogP contribution in [0.25, 0.3) is 0 Å². The minimum absolute atomic E-state index is 0.0132. The molecule has 0 radical (unpaired) electrons. The summed E-state index contributed by atoms with van der Waals surface area (Å²) in [4.78, 5) is 12.0. The Hall–Kier alpha value is -0.256. The second kappa shape index (κ2) is 8.47. The normalized spacial score (nSPS) is 30.2. The maximum Gasteiger partial charge on any atom is 0.217 e. The predicted molar refractivity (Wildman–Crippen MR) is 118 cm³/mol. The quantitative estimate of drug-likeness (QED) is 0.641. The molecule has 1 fully saturated rings. The molecular formula is C20H43NO5Si2. The molecule has 0 spiro atoms. The van der Waals surface area contributed by atoms with Gasteiger partial charge in [-0.1, -0.05) is 41.5 Å². The molecule has 0 unspecified atom stereocenters. The predicted octanol–water partition coefficient (Wildman–Crippen LogP) is 4.01. The van der Waals surface area contributed by atoms with E-state index in [1.54, 1.807) is 0 Å². The highest BCUT2D eigenvalue weighted by atomic mass is 28.4. The van der Waals surface area contributed by atoms with Crippen LogP contribution in [0, 0.1) is 0 Å². The molecule has 0 aromatic rings. The van der Waals surface area contributed by atoms with Gasteiger partial charge in [-0.15, -0.1) is 0 Å². The molecular weight excluding hydrogens is 390 g/mol. The molecule has 0 bridgehead atoms. The van der Waals surface area contributed by atoms with Crippen molar-refractivity contribution in [1.29, 1.82) is 0 Å². The fourth-order valence-electron chi connectivity index (χ4n) is 2.76. The monoisotopic (exact) mass is 433 g/mol. The van der Waals surface area contributed by atoms with Gasteiger partial charge in [0.2, 0.25) is 5.91 Å². The maximum atomic E-state index is 12.0. The van der Waals surface area contributed by atoms with Gasteiger partial charge in [0.25, 0.3) is 0 Å². The Morgan fingerprint density at radius 1 is 0.929 bits per heavy atom. The van der Waals surface area contributed by atoms with Crippen LogP contribution in [0.1, 0.15) is 55.4 Å². The van der Waals surface area contributed by atoms with E-state index in [9.17, 15) is 9.90 Å². The van der Waals surface area contributed by atoms with Crippen LogP contribution >= 0.6 is 0 Å². The molecule has 1 amide bonds. The van der Waals surface area contributed by atoms with Crippen LogP contribution in [-0.2, 0) is 18.4 Å². The van der Waals surface area contributed by atoms with Crippen LogP contribution in [0.4, 0.5) is 0 Å². The van der Waals surface area contributed by atoms with Crippen molar-refractivity contribution in [3.8, 4) is 0 Å². The van der Waals surface area contributed by atoms with E-state index in [1.807, 2.05) is 6.92 Å². The molecule has 6 nitrogen and oxygen atoms in total. The summed E-state index contributed by atoms with van der Waals surface area (Å²) in [6.45, 7) is 25.0. The van der Waals surface area contributed by atoms with E-state index < -0.39 is 35.1 Å². The van der Waals surface area contributed by atoms with E-state index in [0.717, 1.165) is 0 Å². The van der Waals surface area contributed by atoms with Gasteiger partial charge in [-0.2, -0.15) is 0 Å². The van der Waals surface area contributed by atoms with E-state index in [1.165, 1.54) is 6.92 Å². The Morgan fingerprint density at radius 3 is 1.68 bits per heavy atom. The van der Waals surface area contributed by atoms with Gasteiger partial charge < -0.3 is 24.0 Å². The summed E-state index contributed by atoms with van der Waals surface area (Å²) >= 11 is 0. The van der Waals surface area contributed by atoms with Gasteiger partial charge in [0, 0.05) is 6.92 Å². The van der Waals surface area contributed by atoms with Gasteiger partial charge >= 0.3 is 0 Å². The summed E-state index contributed by atoms with van der Waals surface area (Å²) in [6.07, 6.45) is -2.53. The highest BCUT2D eigenvalue weighted by Gasteiger charge is 2.52. The molecule has 1 aliphatic rings. The first kappa shape index (κ1) is 25.8. The van der Waals surface area contributed by atoms with Gasteiger partial charge in [0.15, 0.2) is 22.9 Å². The third-order valence-electron chi connectivity index (χ3n) is 6.65. The van der Waals surface area contributed by atoms with Gasteiger partial charge in [-0.05, 0) is 43.2 Å². The molecule has 1 aliphatic heterocycles. The van der Waals surface area contributed by atoms with Crippen molar-refractivity contribution in [1.82, 2.24) is 5.32 Å². The van der Waals surface area contributed by atoms with Crippen molar-refractivity contribution < 1.29 is 23.5 Å². The Balaban J connectivity index is 3.29. The number of amides is 1. The lowest BCUT2D eigenvalue weighted by Gasteiger charge is -2.51. The molecule has 28 heavy (non-hydrogen) atoms. The summed E-state index contributed by atoms with van der Waals surface area (Å²) in [5.74, 6) is -0.168. The van der Waals surface area contributed by atoms with Crippen molar-refractivity contribution in [3.63, 3.8) is 0 Å². The third kappa shape index (κ3) is 5.89. The first-order chi connectivity index (χ1) is 12.3. The third-order valence-corrected chi connectivity index (χ3v) is 15.6. The fourth-order valence-corrected chi connectivity index (χ4v) is 5.43. The number of rotatable bonds is 5. The van der Waals surface area contributed by atoms with Gasteiger partial charge in [-0.25, -0.2) is 0 Å². The lowest BCUT2D eigenvalue weighted by Crippen LogP contribution is -2.68. The first-order valence-corrected chi connectivity index (χ1v) is 16.1. The van der Waals surface area contributed by atoms with E-state index >= 15 is 0 Å². The zero-order chi connectivity index (χ0) is 22.3. The Labute approximate surface area is 174 Å². The lowest BCUT2D eigenvalue weighted by molar-refractivity contribution is -0.244. The van der Waals surface area contributed by atoms with Gasteiger partial charge in [0.1, 0.15) is 6.10 Å². The molecule has 0 aliphatic carbocycles. The molecule has 0 aromatic carbocycles. The molecule has 0 saturated carbocycles. The SMILES string of the molecule is CC(=O)N[C@H]1[C@H](O[Si](C)(C)C(C)(C)C)[C@@H](C)O[C@H](O)[C@H]1O[Si](C)(C)C(C)(C)C. The largest absolute Gasteiger partial charge is 0.409 e. The van der Waals surface area contributed by atoms with E-state index in [-0.39, 0.29) is 28.2 Å². The summed E-state index contributed by atoms with van der Waals surface area (Å²) in [5.41, 5.74) is 0. The Bertz CT molecular complexity index is 514. The Kier molecular flexibility index (Phi) is 7.80. The van der Waals surface area contributed by atoms with Crippen molar-refractivity contribution >= 4 is 22.5 Å². The molecule has 1 saturated heterocycles. The minimum Gasteiger partial charge on any atom is -0.409 e. The second-order valence-corrected chi connectivity index (χ2v) is 20.7. The van der Waals surface area contributed by atoms with Crippen LogP contribution in [0.15, 0.2) is 0 Å². The zero-order valence-electron chi connectivity index (χ0n) is 20.0. The summed E-state index contributed by atoms with van der Waals surface area (Å²) in [6, 6.07) is -0.473. The second-order valence-electron chi connectivity index (χ2n) is 11.1. The summed E-state index contributed by atoms with van der Waals surface area (Å²) < 4.78 is 19.0. The summed E-state index contributed by atoms with van der Waals surface area (Å²) in [7, 11) is -4.34. The lowest BCUT2D eigenvalue weighted by atomic mass is 9.97. The molecule has 0 aromatic heterocycles. The van der Waals surface area contributed by atoms with Crippen molar-refractivity contribution in [2.75, 3.05) is 0 Å². The van der Waals surface area contributed by atoms with Crippen molar-refractivity contribution in [2.45, 2.75) is 122 Å². The van der Waals surface area contributed by atoms with Gasteiger partial charge in [-0.3, -0.25) is 4.79 Å². The summed E-state index contributed by atoms with van der Waals surface area (Å²) in [5, 5.41) is 13.7. The van der Waals surface area contributed by atoms with Crippen molar-refractivity contribution in [3.05, 3.63) is 0 Å². The van der Waals surface area contributed by atoms with Crippen molar-refractivity contribution in [2.24, 2.45) is 0 Å². The molecule has 1 heterocycles. The van der Waals surface area contributed by atoms with E-state index in [2.05, 4.69) is 73.0 Å². The van der Waals surface area contributed by atoms with Crippen LogP contribution < -0.4 is 5.32 Å². The first-order valence-electron chi connectivity index (χ1n) is 10.3. The fraction of sp³-hybridized carbons (Fsp3) is 0.950. The van der Waals surface area contributed by atoms with E-state index in [0.29, 0.717) is 0 Å². The Morgan fingerprint density at radius 2 is 1.32 bits per heavy atom. The number of hydrogen-bond acceptors (Lipinski definition) is 5. The number of hydrogen-bond donors (Lipinski definition) is 2. The molecule has 5 atom stereocenters. The smallest absolute Gasteiger partial charge is 0.217 e. The van der Waals surface area contributed by atoms with Crippen LogP contribution in [0.5, 0.6) is 0 Å². The number of aliphatic hydroxyl groups is 1. The van der Waals surface area contributed by atoms with Crippen LogP contribution in [0.3, 0.4) is 0 Å². The zero-order valence-corrected chi connectivity index (χ0v) is 22.0. The molecule has 8 heteroatoms. The number of ether oxygens (including phenoxy) is 1. The van der Waals surface area contributed by atoms with Crippen LogP contribution in [-0.4, -0.2) is 58.3 Å². The number of carbonyl (C=O) groups excluding carboxylic acids is 1. The van der Waals surface area contributed by atoms with Crippen LogP contribution in [0.2, 0.25) is 36.3 Å². The average Bonchev–Trinajstić information content (AvgIpc) is 2.44. The standard InChI is InChI=1S/C20H43NO5Si2/c1-13-16(25-27(9,10)19(3,4)5)15(21-14(2)22)17(18(23)24-13)26-28(11,12)20(6,7)8/h13,15-18,23H,1-12H3,(H,21,22)/t13-,15+,16-,17+,18+/m1/s1.